The van der Waals surface area contributed by atoms with E-state index in [-0.39, 0.29) is 11.9 Å². The number of methoxy groups -OCH3 is 1. The van der Waals surface area contributed by atoms with Gasteiger partial charge in [-0.2, -0.15) is 0 Å². The quantitative estimate of drug-likeness (QED) is 0.774. The summed E-state index contributed by atoms with van der Waals surface area (Å²) in [6.07, 6.45) is 0. The Morgan fingerprint density at radius 2 is 2.44 bits per heavy atom. The molecule has 1 heterocycles. The fourth-order valence-electron chi connectivity index (χ4n) is 1.11. The average molecular weight is 291 g/mol. The number of ether oxygens (including phenoxy) is 1. The van der Waals surface area contributed by atoms with Gasteiger partial charge in [-0.1, -0.05) is 21.1 Å². The van der Waals surface area contributed by atoms with E-state index in [1.165, 1.54) is 0 Å². The van der Waals surface area contributed by atoms with Gasteiger partial charge in [0.2, 0.25) is 0 Å². The largest absolute Gasteiger partial charge is 0.377 e. The third-order valence-electron chi connectivity index (χ3n) is 2.27. The van der Waals surface area contributed by atoms with E-state index in [0.29, 0.717) is 18.1 Å². The number of hydrogen-bond acceptors (Lipinski definition) is 4. The Morgan fingerprint density at radius 3 is 3.00 bits per heavy atom. The summed E-state index contributed by atoms with van der Waals surface area (Å²) in [7, 11) is 3.29. The van der Waals surface area contributed by atoms with Gasteiger partial charge in [-0.05, 0) is 6.92 Å². The molecule has 0 aliphatic heterocycles. The van der Waals surface area contributed by atoms with Crippen molar-refractivity contribution in [3.05, 3.63) is 17.5 Å². The van der Waals surface area contributed by atoms with Crippen molar-refractivity contribution in [2.75, 3.05) is 19.5 Å². The molecular formula is C10H15BrN2O3. The number of amides is 1. The van der Waals surface area contributed by atoms with E-state index in [0.717, 1.165) is 5.33 Å². The van der Waals surface area contributed by atoms with Gasteiger partial charge in [-0.25, -0.2) is 0 Å². The molecule has 0 saturated heterocycles. The number of alkyl halides is 1. The van der Waals surface area contributed by atoms with Crippen molar-refractivity contribution < 1.29 is 14.1 Å². The molecule has 1 aromatic rings. The highest BCUT2D eigenvalue weighted by molar-refractivity contribution is 9.09. The number of hydrogen-bond donors (Lipinski definition) is 0. The molecule has 1 rings (SSSR count). The van der Waals surface area contributed by atoms with Gasteiger partial charge in [-0.15, -0.1) is 0 Å². The lowest BCUT2D eigenvalue weighted by Crippen LogP contribution is -2.36. The van der Waals surface area contributed by atoms with Crippen LogP contribution < -0.4 is 0 Å². The molecule has 0 aliphatic rings. The molecule has 6 heteroatoms. The molecule has 1 unspecified atom stereocenters. The van der Waals surface area contributed by atoms with Crippen LogP contribution >= 0.6 is 15.9 Å². The van der Waals surface area contributed by atoms with Gasteiger partial charge in [0.05, 0.1) is 0 Å². The summed E-state index contributed by atoms with van der Waals surface area (Å²) in [6.45, 7) is 2.26. The molecule has 1 aromatic heterocycles. The van der Waals surface area contributed by atoms with E-state index >= 15 is 0 Å². The zero-order valence-corrected chi connectivity index (χ0v) is 11.2. The molecule has 0 aliphatic carbocycles. The zero-order chi connectivity index (χ0) is 12.1. The van der Waals surface area contributed by atoms with Crippen LogP contribution in [0.5, 0.6) is 0 Å². The predicted molar refractivity (Wildman–Crippen MR) is 62.6 cm³/mol. The second-order valence-electron chi connectivity index (χ2n) is 3.53. The lowest BCUT2D eigenvalue weighted by Gasteiger charge is -2.21. The van der Waals surface area contributed by atoms with Crippen molar-refractivity contribution in [1.29, 1.82) is 0 Å². The molecule has 5 nitrogen and oxygen atoms in total. The molecule has 1 atom stereocenters. The smallest absolute Gasteiger partial charge is 0.276 e. The number of halogens is 1. The summed E-state index contributed by atoms with van der Waals surface area (Å²) in [6, 6.07) is 1.71. The van der Waals surface area contributed by atoms with Crippen LogP contribution in [0.1, 0.15) is 23.2 Å². The van der Waals surface area contributed by atoms with E-state index in [1.807, 2.05) is 6.92 Å². The van der Waals surface area contributed by atoms with E-state index in [1.54, 1.807) is 25.1 Å². The van der Waals surface area contributed by atoms with Crippen LogP contribution in [0.15, 0.2) is 10.6 Å². The normalized spacial score (nSPS) is 12.5. The van der Waals surface area contributed by atoms with Gasteiger partial charge in [0, 0.05) is 31.6 Å². The van der Waals surface area contributed by atoms with Crippen molar-refractivity contribution in [2.24, 2.45) is 0 Å². The van der Waals surface area contributed by atoms with Crippen molar-refractivity contribution >= 4 is 21.8 Å². The van der Waals surface area contributed by atoms with Crippen molar-refractivity contribution in [2.45, 2.75) is 19.6 Å². The first-order chi connectivity index (χ1) is 7.60. The van der Waals surface area contributed by atoms with Crippen LogP contribution in [0.2, 0.25) is 0 Å². The lowest BCUT2D eigenvalue weighted by atomic mass is 10.3. The van der Waals surface area contributed by atoms with Crippen molar-refractivity contribution in [3.63, 3.8) is 0 Å². The minimum absolute atomic E-state index is 0.107. The fraction of sp³-hybridized carbons (Fsp3) is 0.600. The maximum Gasteiger partial charge on any atom is 0.276 e. The SMILES string of the molecule is COCc1cc(C(=O)N(C)C(C)CBr)no1. The van der Waals surface area contributed by atoms with Gasteiger partial charge in [0.1, 0.15) is 6.61 Å². The molecule has 0 fully saturated rings. The number of rotatable bonds is 5. The lowest BCUT2D eigenvalue weighted by molar-refractivity contribution is 0.0747. The van der Waals surface area contributed by atoms with Crippen molar-refractivity contribution in [3.8, 4) is 0 Å². The molecule has 0 radical (unpaired) electrons. The summed E-state index contributed by atoms with van der Waals surface area (Å²) in [5.74, 6) is 0.392. The first kappa shape index (κ1) is 13.2. The summed E-state index contributed by atoms with van der Waals surface area (Å²) in [5.41, 5.74) is 0.308. The van der Waals surface area contributed by atoms with Crippen LogP contribution in [0.4, 0.5) is 0 Å². The molecule has 0 bridgehead atoms. The highest BCUT2D eigenvalue weighted by Crippen LogP contribution is 2.10. The highest BCUT2D eigenvalue weighted by atomic mass is 79.9. The topological polar surface area (TPSA) is 55.6 Å². The summed E-state index contributed by atoms with van der Waals surface area (Å²) >= 11 is 3.33. The minimum Gasteiger partial charge on any atom is -0.377 e. The van der Waals surface area contributed by atoms with Gasteiger partial charge < -0.3 is 14.2 Å². The number of carbonyl (C=O) groups is 1. The van der Waals surface area contributed by atoms with Gasteiger partial charge >= 0.3 is 0 Å². The third-order valence-corrected chi connectivity index (χ3v) is 3.21. The number of nitrogens with zero attached hydrogens (tertiary/aromatic N) is 2. The fourth-order valence-corrected chi connectivity index (χ4v) is 1.54. The van der Waals surface area contributed by atoms with Crippen molar-refractivity contribution in [1.82, 2.24) is 10.1 Å². The molecule has 0 spiro atoms. The van der Waals surface area contributed by atoms with Crippen LogP contribution in [0.25, 0.3) is 0 Å². The maximum absolute atomic E-state index is 11.9. The van der Waals surface area contributed by atoms with E-state index in [4.69, 9.17) is 9.26 Å². The van der Waals surface area contributed by atoms with Gasteiger partial charge in [0.25, 0.3) is 5.91 Å². The molecule has 1 amide bonds. The maximum atomic E-state index is 11.9. The molecular weight excluding hydrogens is 276 g/mol. The molecule has 0 aromatic carbocycles. The Bertz CT molecular complexity index is 354. The molecule has 90 valence electrons. The van der Waals surface area contributed by atoms with Crippen LogP contribution in [-0.4, -0.2) is 41.5 Å². The Hall–Kier alpha value is -0.880. The predicted octanol–water partition coefficient (Wildman–Crippen LogP) is 1.68. The van der Waals surface area contributed by atoms with Gasteiger partial charge in [0.15, 0.2) is 11.5 Å². The summed E-state index contributed by atoms with van der Waals surface area (Å²) in [4.78, 5) is 13.5. The third kappa shape index (κ3) is 3.05. The second-order valence-corrected chi connectivity index (χ2v) is 4.18. The van der Waals surface area contributed by atoms with Crippen LogP contribution in [0.3, 0.4) is 0 Å². The van der Waals surface area contributed by atoms with E-state index in [9.17, 15) is 4.79 Å². The number of carbonyl (C=O) groups excluding carboxylic acids is 1. The zero-order valence-electron chi connectivity index (χ0n) is 9.57. The highest BCUT2D eigenvalue weighted by Gasteiger charge is 2.20. The van der Waals surface area contributed by atoms with Gasteiger partial charge in [-0.3, -0.25) is 4.79 Å². The van der Waals surface area contributed by atoms with E-state index in [2.05, 4.69) is 21.1 Å². The van der Waals surface area contributed by atoms with Crippen LogP contribution in [0, 0.1) is 0 Å². The second kappa shape index (κ2) is 6.00. The Balaban J connectivity index is 2.72. The monoisotopic (exact) mass is 290 g/mol. The summed E-state index contributed by atoms with van der Waals surface area (Å²) in [5, 5.41) is 4.43. The Kier molecular flexibility index (Phi) is 4.95. The first-order valence-corrected chi connectivity index (χ1v) is 6.00. The molecule has 0 N–H and O–H groups in total. The molecule has 16 heavy (non-hydrogen) atoms. The molecule has 0 saturated carbocycles. The number of aromatic nitrogens is 1. The summed E-state index contributed by atoms with van der Waals surface area (Å²) < 4.78 is 9.84. The standard InChI is InChI=1S/C10H15BrN2O3/c1-7(5-11)13(2)10(14)9-4-8(6-15-3)16-12-9/h4,7H,5-6H2,1-3H3. The van der Waals surface area contributed by atoms with E-state index < -0.39 is 0 Å². The Labute approximate surface area is 103 Å². The Morgan fingerprint density at radius 1 is 1.75 bits per heavy atom. The first-order valence-electron chi connectivity index (χ1n) is 4.87. The average Bonchev–Trinajstić information content (AvgIpc) is 2.75. The van der Waals surface area contributed by atoms with Crippen LogP contribution in [-0.2, 0) is 11.3 Å². The minimum atomic E-state index is -0.155.